The Bertz CT molecular complexity index is 647. The Balaban J connectivity index is 2.26. The van der Waals surface area contributed by atoms with Gasteiger partial charge in [0.1, 0.15) is 0 Å². The minimum absolute atomic E-state index is 0.132. The molecule has 5 nitrogen and oxygen atoms in total. The highest BCUT2D eigenvalue weighted by Gasteiger charge is 2.32. The molecule has 0 aliphatic carbocycles. The van der Waals surface area contributed by atoms with E-state index in [1.54, 1.807) is 13.8 Å². The quantitative estimate of drug-likeness (QED) is 0.838. The lowest BCUT2D eigenvalue weighted by atomic mass is 10.3. The molecule has 0 saturated carbocycles. The first-order valence-corrected chi connectivity index (χ1v) is 6.38. The Morgan fingerprint density at radius 2 is 1.82 bits per heavy atom. The molecule has 0 spiro atoms. The maximum atomic E-state index is 12.3. The van der Waals surface area contributed by atoms with Crippen LogP contribution in [0.3, 0.4) is 0 Å². The summed E-state index contributed by atoms with van der Waals surface area (Å²) in [6.45, 7) is 3.93. The summed E-state index contributed by atoms with van der Waals surface area (Å²) in [6, 6.07) is 5.24. The minimum atomic E-state index is -4.82. The van der Waals surface area contributed by atoms with Gasteiger partial charge in [-0.2, -0.15) is 4.98 Å². The van der Waals surface area contributed by atoms with Gasteiger partial charge in [0.15, 0.2) is 11.5 Å². The van der Waals surface area contributed by atoms with Gasteiger partial charge in [0, 0.05) is 11.8 Å². The minimum Gasteiger partial charge on any atom is -0.478 e. The van der Waals surface area contributed by atoms with Crippen molar-refractivity contribution in [2.75, 3.05) is 6.61 Å². The van der Waals surface area contributed by atoms with Gasteiger partial charge in [-0.15, -0.1) is 13.2 Å². The lowest BCUT2D eigenvalue weighted by Crippen LogP contribution is -2.17. The highest BCUT2D eigenvalue weighted by molar-refractivity contribution is 5.41. The molecule has 1 heterocycles. The van der Waals surface area contributed by atoms with Crippen molar-refractivity contribution in [1.82, 2.24) is 9.97 Å². The summed E-state index contributed by atoms with van der Waals surface area (Å²) in [5, 5.41) is 0. The zero-order chi connectivity index (χ0) is 16.2. The third-order valence-electron chi connectivity index (χ3n) is 2.46. The number of ether oxygens (including phenoxy) is 3. The summed E-state index contributed by atoms with van der Waals surface area (Å²) < 4.78 is 51.5. The number of alkyl halides is 3. The third kappa shape index (κ3) is 4.24. The normalized spacial score (nSPS) is 11.1. The van der Waals surface area contributed by atoms with Gasteiger partial charge < -0.3 is 14.2 Å². The average Bonchev–Trinajstić information content (AvgIpc) is 2.43. The van der Waals surface area contributed by atoms with E-state index in [1.807, 2.05) is 0 Å². The first-order valence-electron chi connectivity index (χ1n) is 6.38. The lowest BCUT2D eigenvalue weighted by Gasteiger charge is -2.13. The van der Waals surface area contributed by atoms with Gasteiger partial charge in [-0.3, -0.25) is 0 Å². The van der Waals surface area contributed by atoms with Gasteiger partial charge >= 0.3 is 12.4 Å². The van der Waals surface area contributed by atoms with Gasteiger partial charge in [-0.05, 0) is 26.0 Å². The van der Waals surface area contributed by atoms with Crippen molar-refractivity contribution in [3.63, 3.8) is 0 Å². The second-order valence-corrected chi connectivity index (χ2v) is 4.17. The van der Waals surface area contributed by atoms with Gasteiger partial charge in [-0.25, -0.2) is 4.98 Å². The molecule has 22 heavy (non-hydrogen) atoms. The van der Waals surface area contributed by atoms with Crippen molar-refractivity contribution in [1.29, 1.82) is 0 Å². The fourth-order valence-corrected chi connectivity index (χ4v) is 1.59. The van der Waals surface area contributed by atoms with Crippen LogP contribution in [0.25, 0.3) is 0 Å². The summed E-state index contributed by atoms with van der Waals surface area (Å²) in [5.41, 5.74) is 0.689. The molecular weight excluding hydrogens is 301 g/mol. The number of hydrogen-bond donors (Lipinski definition) is 0. The summed E-state index contributed by atoms with van der Waals surface area (Å²) >= 11 is 0. The molecule has 0 saturated heterocycles. The number of halogens is 3. The second-order valence-electron chi connectivity index (χ2n) is 4.17. The molecule has 0 amide bonds. The molecule has 0 fully saturated rings. The molecule has 0 aliphatic heterocycles. The maximum Gasteiger partial charge on any atom is 0.573 e. The van der Waals surface area contributed by atoms with Gasteiger partial charge in [0.25, 0.3) is 0 Å². The van der Waals surface area contributed by atoms with Crippen molar-refractivity contribution in [3.8, 4) is 23.4 Å². The van der Waals surface area contributed by atoms with Crippen molar-refractivity contribution in [2.24, 2.45) is 0 Å². The van der Waals surface area contributed by atoms with E-state index in [9.17, 15) is 13.2 Å². The molecule has 0 atom stereocenters. The van der Waals surface area contributed by atoms with Gasteiger partial charge in [-0.1, -0.05) is 12.1 Å². The van der Waals surface area contributed by atoms with Crippen LogP contribution in [0.5, 0.6) is 23.4 Å². The average molecular weight is 314 g/mol. The molecule has 0 unspecified atom stereocenters. The summed E-state index contributed by atoms with van der Waals surface area (Å²) in [5.74, 6) is -0.315. The summed E-state index contributed by atoms with van der Waals surface area (Å²) in [6.07, 6.45) is -3.36. The number of benzene rings is 1. The Morgan fingerprint density at radius 1 is 1.14 bits per heavy atom. The maximum absolute atomic E-state index is 12.3. The Morgan fingerprint density at radius 3 is 2.45 bits per heavy atom. The van der Waals surface area contributed by atoms with E-state index in [4.69, 9.17) is 9.47 Å². The van der Waals surface area contributed by atoms with E-state index in [0.29, 0.717) is 18.1 Å². The zero-order valence-electron chi connectivity index (χ0n) is 11.8. The molecule has 0 aliphatic rings. The highest BCUT2D eigenvalue weighted by Crippen LogP contribution is 2.34. The van der Waals surface area contributed by atoms with Crippen LogP contribution >= 0.6 is 0 Å². The molecule has 0 N–H and O–H groups in total. The largest absolute Gasteiger partial charge is 0.573 e. The third-order valence-corrected chi connectivity index (χ3v) is 2.46. The van der Waals surface area contributed by atoms with Crippen LogP contribution in [0.1, 0.15) is 12.5 Å². The second kappa shape index (κ2) is 6.50. The molecule has 118 valence electrons. The zero-order valence-corrected chi connectivity index (χ0v) is 11.8. The van der Waals surface area contributed by atoms with Crippen molar-refractivity contribution >= 4 is 0 Å². The number of nitrogens with zero attached hydrogens (tertiary/aromatic N) is 2. The first-order chi connectivity index (χ1) is 10.4. The Hall–Kier alpha value is -2.51. The molecule has 0 bridgehead atoms. The molecule has 2 aromatic rings. The van der Waals surface area contributed by atoms with Crippen LogP contribution in [0, 0.1) is 6.92 Å². The van der Waals surface area contributed by atoms with Crippen LogP contribution in [-0.2, 0) is 0 Å². The molecule has 2 rings (SSSR count). The molecular formula is C14H13F3N2O3. The summed E-state index contributed by atoms with van der Waals surface area (Å²) in [4.78, 5) is 7.91. The molecule has 8 heteroatoms. The van der Waals surface area contributed by atoms with E-state index in [1.165, 1.54) is 24.4 Å². The molecule has 1 aromatic heterocycles. The number of aryl methyl sites for hydroxylation is 1. The van der Waals surface area contributed by atoms with Crippen LogP contribution in [-0.4, -0.2) is 22.9 Å². The van der Waals surface area contributed by atoms with Crippen molar-refractivity contribution in [2.45, 2.75) is 20.2 Å². The smallest absolute Gasteiger partial charge is 0.478 e. The van der Waals surface area contributed by atoms with E-state index >= 15 is 0 Å². The van der Waals surface area contributed by atoms with Gasteiger partial charge in [0.05, 0.1) is 6.61 Å². The number of aromatic nitrogens is 2. The van der Waals surface area contributed by atoms with Crippen LogP contribution in [0.4, 0.5) is 13.2 Å². The van der Waals surface area contributed by atoms with E-state index in [-0.39, 0.29) is 11.8 Å². The van der Waals surface area contributed by atoms with Crippen LogP contribution in [0.15, 0.2) is 30.5 Å². The van der Waals surface area contributed by atoms with E-state index in [0.717, 1.165) is 6.07 Å². The fraction of sp³-hybridized carbons (Fsp3) is 0.286. The topological polar surface area (TPSA) is 53.5 Å². The predicted molar refractivity (Wildman–Crippen MR) is 71.1 cm³/mol. The molecule has 0 radical (unpaired) electrons. The van der Waals surface area contributed by atoms with Crippen LogP contribution in [0.2, 0.25) is 0 Å². The van der Waals surface area contributed by atoms with Crippen LogP contribution < -0.4 is 14.2 Å². The standard InChI is InChI=1S/C14H13F3N2O3/c1-3-20-12-9(2)8-18-13(19-12)21-10-6-4-5-7-11(10)22-14(15,16)17/h4-8H,3H2,1-2H3. The lowest BCUT2D eigenvalue weighted by molar-refractivity contribution is -0.275. The highest BCUT2D eigenvalue weighted by atomic mass is 19.4. The van der Waals surface area contributed by atoms with Crippen molar-refractivity contribution < 1.29 is 27.4 Å². The SMILES string of the molecule is CCOc1nc(Oc2ccccc2OC(F)(F)F)ncc1C. The number of para-hydroxylation sites is 2. The Labute approximate surface area is 124 Å². The van der Waals surface area contributed by atoms with E-state index in [2.05, 4.69) is 14.7 Å². The monoisotopic (exact) mass is 314 g/mol. The fourth-order valence-electron chi connectivity index (χ4n) is 1.59. The molecule has 1 aromatic carbocycles. The number of hydrogen-bond acceptors (Lipinski definition) is 5. The first kappa shape index (κ1) is 15.9. The predicted octanol–water partition coefficient (Wildman–Crippen LogP) is 3.87. The van der Waals surface area contributed by atoms with E-state index < -0.39 is 12.1 Å². The Kier molecular flexibility index (Phi) is 4.69. The van der Waals surface area contributed by atoms with Gasteiger partial charge in [0.2, 0.25) is 5.88 Å². The summed E-state index contributed by atoms with van der Waals surface area (Å²) in [7, 11) is 0. The number of rotatable bonds is 5. The van der Waals surface area contributed by atoms with Crippen molar-refractivity contribution in [3.05, 3.63) is 36.0 Å².